The van der Waals surface area contributed by atoms with Gasteiger partial charge in [-0.15, -0.1) is 0 Å². The van der Waals surface area contributed by atoms with Crippen molar-refractivity contribution in [3.8, 4) is 5.75 Å². The highest BCUT2D eigenvalue weighted by Crippen LogP contribution is 2.42. The second-order valence-electron chi connectivity index (χ2n) is 7.30. The number of likely N-dealkylation sites (tertiary alicyclic amines) is 1. The van der Waals surface area contributed by atoms with Crippen molar-refractivity contribution >= 4 is 15.5 Å². The molecule has 1 fully saturated rings. The number of ether oxygens (including phenoxy) is 1. The van der Waals surface area contributed by atoms with Gasteiger partial charge in [0.1, 0.15) is 5.75 Å². The van der Waals surface area contributed by atoms with Gasteiger partial charge in [0.2, 0.25) is 9.84 Å². The van der Waals surface area contributed by atoms with E-state index in [1.165, 1.54) is 0 Å². The summed E-state index contributed by atoms with van der Waals surface area (Å²) < 4.78 is 31.3. The largest absolute Gasteiger partial charge is 0.497 e. The van der Waals surface area contributed by atoms with Gasteiger partial charge in [0, 0.05) is 24.2 Å². The molecule has 0 aromatic heterocycles. The molecule has 27 heavy (non-hydrogen) atoms. The van der Waals surface area contributed by atoms with Gasteiger partial charge < -0.3 is 15.0 Å². The number of sulfone groups is 1. The quantitative estimate of drug-likeness (QED) is 0.871. The second-order valence-corrected chi connectivity index (χ2v) is 9.25. The predicted molar refractivity (Wildman–Crippen MR) is 106 cm³/mol. The number of hydrogen-bond acceptors (Lipinski definition) is 5. The first-order valence-corrected chi connectivity index (χ1v) is 11.0. The molecule has 5 nitrogen and oxygen atoms in total. The van der Waals surface area contributed by atoms with Crippen molar-refractivity contribution in [3.05, 3.63) is 48.0 Å². The van der Waals surface area contributed by atoms with Gasteiger partial charge in [0.05, 0.1) is 16.9 Å². The Bertz CT molecular complexity index is 925. The molecule has 0 spiro atoms. The molecule has 2 aliphatic heterocycles. The molecule has 4 rings (SSSR count). The Balaban J connectivity index is 1.66. The average molecular weight is 387 g/mol. The summed E-state index contributed by atoms with van der Waals surface area (Å²) in [5.41, 5.74) is 2.23. The number of nitrogens with one attached hydrogen (secondary N) is 1. The van der Waals surface area contributed by atoms with Crippen LogP contribution >= 0.6 is 0 Å². The van der Waals surface area contributed by atoms with E-state index in [9.17, 15) is 8.42 Å². The first-order valence-electron chi connectivity index (χ1n) is 9.55. The van der Waals surface area contributed by atoms with E-state index in [-0.39, 0.29) is 0 Å². The number of methoxy groups -OCH3 is 1. The predicted octanol–water partition coefficient (Wildman–Crippen LogP) is 3.52. The van der Waals surface area contributed by atoms with Crippen LogP contribution in [0.5, 0.6) is 5.75 Å². The Morgan fingerprint density at radius 1 is 1.07 bits per heavy atom. The van der Waals surface area contributed by atoms with Crippen molar-refractivity contribution in [2.24, 2.45) is 0 Å². The number of hydrogen-bond donors (Lipinski definition) is 1. The maximum atomic E-state index is 13.1. The third-order valence-electron chi connectivity index (χ3n) is 5.89. The van der Waals surface area contributed by atoms with Gasteiger partial charge in [-0.1, -0.05) is 6.92 Å². The standard InChI is InChI=1S/C21H26N2O3S/c1-3-23-12-10-18-19-14-17(8-9-20(19)22-21(18)11-13-23)27(24,25)16-6-4-15(26-2)5-7-16/h4-9,14,18,21-22H,3,10-13H2,1-2H3/t18-,21?/m1/s1. The molecule has 2 aromatic rings. The van der Waals surface area contributed by atoms with Crippen molar-refractivity contribution in [1.82, 2.24) is 4.90 Å². The van der Waals surface area contributed by atoms with E-state index in [0.29, 0.717) is 27.5 Å². The Labute approximate surface area is 161 Å². The van der Waals surface area contributed by atoms with Crippen LogP contribution in [0.2, 0.25) is 0 Å². The summed E-state index contributed by atoms with van der Waals surface area (Å²) in [5, 5.41) is 3.62. The number of nitrogens with zero attached hydrogens (tertiary/aromatic N) is 1. The molecule has 1 saturated heterocycles. The lowest BCUT2D eigenvalue weighted by molar-refractivity contribution is 0.298. The molecule has 2 heterocycles. The summed E-state index contributed by atoms with van der Waals surface area (Å²) in [6, 6.07) is 12.5. The topological polar surface area (TPSA) is 58.6 Å². The zero-order valence-corrected chi connectivity index (χ0v) is 16.6. The maximum Gasteiger partial charge on any atom is 0.206 e. The summed E-state index contributed by atoms with van der Waals surface area (Å²) in [4.78, 5) is 3.13. The molecule has 2 aromatic carbocycles. The Morgan fingerprint density at radius 3 is 2.48 bits per heavy atom. The van der Waals surface area contributed by atoms with Crippen molar-refractivity contribution in [2.45, 2.75) is 41.5 Å². The van der Waals surface area contributed by atoms with Gasteiger partial charge >= 0.3 is 0 Å². The summed E-state index contributed by atoms with van der Waals surface area (Å²) in [5.74, 6) is 1.02. The Kier molecular flexibility index (Phi) is 4.86. The van der Waals surface area contributed by atoms with Crippen LogP contribution in [0.25, 0.3) is 0 Å². The van der Waals surface area contributed by atoms with Crippen LogP contribution in [-0.2, 0) is 9.84 Å². The van der Waals surface area contributed by atoms with E-state index >= 15 is 0 Å². The molecule has 144 valence electrons. The molecule has 0 saturated carbocycles. The number of anilines is 1. The van der Waals surface area contributed by atoms with E-state index in [1.54, 1.807) is 37.4 Å². The first-order chi connectivity index (χ1) is 13.0. The van der Waals surface area contributed by atoms with Crippen LogP contribution in [0.3, 0.4) is 0 Å². The minimum absolute atomic E-state index is 0.295. The number of rotatable bonds is 4. The average Bonchev–Trinajstić information content (AvgIpc) is 2.91. The second kappa shape index (κ2) is 7.17. The number of benzene rings is 2. The highest BCUT2D eigenvalue weighted by atomic mass is 32.2. The molecule has 1 unspecified atom stereocenters. The van der Waals surface area contributed by atoms with Gasteiger partial charge in [-0.3, -0.25) is 0 Å². The van der Waals surface area contributed by atoms with Crippen LogP contribution in [0.4, 0.5) is 5.69 Å². The van der Waals surface area contributed by atoms with Crippen LogP contribution in [0.1, 0.15) is 31.2 Å². The van der Waals surface area contributed by atoms with Crippen molar-refractivity contribution in [2.75, 3.05) is 32.1 Å². The normalized spacial score (nSPS) is 22.4. The lowest BCUT2D eigenvalue weighted by Crippen LogP contribution is -2.25. The molecule has 0 bridgehead atoms. The fourth-order valence-corrected chi connectivity index (χ4v) is 5.55. The van der Waals surface area contributed by atoms with Gasteiger partial charge in [0.25, 0.3) is 0 Å². The lowest BCUT2D eigenvalue weighted by atomic mass is 9.91. The van der Waals surface area contributed by atoms with Crippen LogP contribution in [0, 0.1) is 0 Å². The van der Waals surface area contributed by atoms with Gasteiger partial charge in [-0.25, -0.2) is 8.42 Å². The van der Waals surface area contributed by atoms with Crippen molar-refractivity contribution in [1.29, 1.82) is 0 Å². The molecular formula is C21H26N2O3S. The monoisotopic (exact) mass is 386 g/mol. The molecular weight excluding hydrogens is 360 g/mol. The van der Waals surface area contributed by atoms with E-state index in [4.69, 9.17) is 4.74 Å². The molecule has 0 radical (unpaired) electrons. The smallest absolute Gasteiger partial charge is 0.206 e. The molecule has 2 aliphatic rings. The summed E-state index contributed by atoms with van der Waals surface area (Å²) in [7, 11) is -1.97. The minimum atomic E-state index is -3.54. The van der Waals surface area contributed by atoms with Crippen LogP contribution in [0.15, 0.2) is 52.3 Å². The molecule has 1 N–H and O–H groups in total. The molecule has 0 amide bonds. The minimum Gasteiger partial charge on any atom is -0.497 e. The van der Waals surface area contributed by atoms with Gasteiger partial charge in [-0.05, 0) is 74.0 Å². The first kappa shape index (κ1) is 18.3. The van der Waals surface area contributed by atoms with Crippen molar-refractivity contribution < 1.29 is 13.2 Å². The van der Waals surface area contributed by atoms with E-state index in [0.717, 1.165) is 43.7 Å². The summed E-state index contributed by atoms with van der Waals surface area (Å²) in [6.07, 6.45) is 2.15. The Hall–Kier alpha value is -2.05. The third kappa shape index (κ3) is 3.32. The van der Waals surface area contributed by atoms with E-state index < -0.39 is 9.84 Å². The number of fused-ring (bicyclic) bond motifs is 3. The Morgan fingerprint density at radius 2 is 1.78 bits per heavy atom. The highest BCUT2D eigenvalue weighted by Gasteiger charge is 2.35. The van der Waals surface area contributed by atoms with Crippen LogP contribution in [-0.4, -0.2) is 46.1 Å². The highest BCUT2D eigenvalue weighted by molar-refractivity contribution is 7.91. The fourth-order valence-electron chi connectivity index (χ4n) is 4.26. The molecule has 2 atom stereocenters. The van der Waals surface area contributed by atoms with Crippen LogP contribution < -0.4 is 10.1 Å². The SMILES string of the molecule is CCN1CCC2Nc3ccc(S(=O)(=O)c4ccc(OC)cc4)cc3[C@H]2CC1. The lowest BCUT2D eigenvalue weighted by Gasteiger charge is -2.17. The molecule has 0 aliphatic carbocycles. The van der Waals surface area contributed by atoms with E-state index in [1.807, 2.05) is 12.1 Å². The summed E-state index contributed by atoms with van der Waals surface area (Å²) >= 11 is 0. The van der Waals surface area contributed by atoms with Gasteiger partial charge in [0.15, 0.2) is 0 Å². The van der Waals surface area contributed by atoms with Crippen molar-refractivity contribution in [3.63, 3.8) is 0 Å². The zero-order chi connectivity index (χ0) is 19.0. The van der Waals surface area contributed by atoms with E-state index in [2.05, 4.69) is 17.1 Å². The third-order valence-corrected chi connectivity index (χ3v) is 7.66. The fraction of sp³-hybridized carbons (Fsp3) is 0.429. The maximum absolute atomic E-state index is 13.1. The summed E-state index contributed by atoms with van der Waals surface area (Å²) in [6.45, 7) is 5.42. The molecule has 6 heteroatoms. The van der Waals surface area contributed by atoms with Gasteiger partial charge in [-0.2, -0.15) is 0 Å². The zero-order valence-electron chi connectivity index (χ0n) is 15.8.